The van der Waals surface area contributed by atoms with Gasteiger partial charge in [0.25, 0.3) is 5.82 Å². The number of nitrogens with two attached hydrogens (primary N) is 2. The maximum absolute atomic E-state index is 11.6. The molecule has 0 bridgehead atoms. The fraction of sp³-hybridized carbons (Fsp3) is 0.538. The number of nitrogens with one attached hydrogen (secondary N) is 1. The fourth-order valence-electron chi connectivity index (χ4n) is 2.20. The number of aromatic nitrogens is 1. The highest BCUT2D eigenvalue weighted by Gasteiger charge is 2.22. The third kappa shape index (κ3) is 4.04. The zero-order valence-corrected chi connectivity index (χ0v) is 13.1. The smallest absolute Gasteiger partial charge is 0.415 e. The van der Waals surface area contributed by atoms with E-state index in [2.05, 4.69) is 9.88 Å². The lowest BCUT2D eigenvalue weighted by Gasteiger charge is -2.24. The number of anilines is 3. The van der Waals surface area contributed by atoms with Crippen molar-refractivity contribution >= 4 is 23.4 Å². The molecule has 0 radical (unpaired) electrons. The highest BCUT2D eigenvalue weighted by atomic mass is 35.5. The average Bonchev–Trinajstić information content (AvgIpc) is 2.43. The van der Waals surface area contributed by atoms with Gasteiger partial charge in [0.05, 0.1) is 18.8 Å². The van der Waals surface area contributed by atoms with Gasteiger partial charge < -0.3 is 33.5 Å². The van der Waals surface area contributed by atoms with Crippen LogP contribution in [0.1, 0.15) is 19.3 Å². The number of pyridine rings is 1. The van der Waals surface area contributed by atoms with Crippen molar-refractivity contribution in [1.82, 2.24) is 4.90 Å². The van der Waals surface area contributed by atoms with Gasteiger partial charge in [0.2, 0.25) is 11.6 Å². The van der Waals surface area contributed by atoms with Gasteiger partial charge >= 0.3 is 6.09 Å². The molecule has 21 heavy (non-hydrogen) atoms. The first-order valence-electron chi connectivity index (χ1n) is 6.74. The van der Waals surface area contributed by atoms with Gasteiger partial charge in [0, 0.05) is 20.2 Å². The van der Waals surface area contributed by atoms with E-state index >= 15 is 0 Å². The summed E-state index contributed by atoms with van der Waals surface area (Å²) in [5.41, 5.74) is 12.2. The number of rotatable bonds is 2. The Kier molecular flexibility index (Phi) is 5.90. The van der Waals surface area contributed by atoms with Gasteiger partial charge in [-0.25, -0.2) is 9.78 Å². The van der Waals surface area contributed by atoms with Crippen molar-refractivity contribution in [2.75, 3.05) is 43.6 Å². The number of ether oxygens (including phenoxy) is 1. The molecule has 1 amide bonds. The molecule has 0 saturated carbocycles. The molecule has 0 atom stereocenters. The maximum Gasteiger partial charge on any atom is 0.415 e. The predicted molar refractivity (Wildman–Crippen MR) is 77.6 cm³/mol. The number of halogens is 1. The van der Waals surface area contributed by atoms with Crippen molar-refractivity contribution in [2.24, 2.45) is 0 Å². The number of nitrogen functional groups attached to an aromatic ring is 2. The number of H-pyrrole nitrogens is 1. The number of hydrogen-bond acceptors (Lipinski definition) is 5. The summed E-state index contributed by atoms with van der Waals surface area (Å²) in [6, 6.07) is 1.76. The van der Waals surface area contributed by atoms with Crippen LogP contribution in [0.3, 0.4) is 0 Å². The topological polar surface area (TPSA) is 99.0 Å². The van der Waals surface area contributed by atoms with Crippen LogP contribution in [-0.4, -0.2) is 38.2 Å². The minimum Gasteiger partial charge on any atom is -1.00 e. The summed E-state index contributed by atoms with van der Waals surface area (Å²) in [5.74, 6) is 1.31. The van der Waals surface area contributed by atoms with Gasteiger partial charge in [-0.1, -0.05) is 0 Å². The predicted octanol–water partition coefficient (Wildman–Crippen LogP) is -2.28. The second kappa shape index (κ2) is 7.21. The van der Waals surface area contributed by atoms with E-state index in [1.165, 1.54) is 11.3 Å². The van der Waals surface area contributed by atoms with Crippen LogP contribution in [0.15, 0.2) is 6.07 Å². The van der Waals surface area contributed by atoms with E-state index in [0.717, 1.165) is 31.7 Å². The summed E-state index contributed by atoms with van der Waals surface area (Å²) in [6.45, 7) is 1.96. The molecule has 118 valence electrons. The first-order chi connectivity index (χ1) is 9.49. The number of nitrogens with zero attached hydrogens (tertiary/aromatic N) is 2. The highest BCUT2D eigenvalue weighted by Crippen LogP contribution is 2.29. The van der Waals surface area contributed by atoms with Crippen molar-refractivity contribution in [3.63, 3.8) is 0 Å². The zero-order valence-electron chi connectivity index (χ0n) is 12.4. The molecule has 1 saturated heterocycles. The first-order valence-corrected chi connectivity index (χ1v) is 6.74. The second-order valence-electron chi connectivity index (χ2n) is 5.16. The Bertz CT molecular complexity index is 480. The SMILES string of the molecule is CN(C)C(=O)Oc1c(N)cc(N2CCCCC2)[nH+]c1N.[Cl-]. The summed E-state index contributed by atoms with van der Waals surface area (Å²) in [4.78, 5) is 18.1. The fourth-order valence-corrected chi connectivity index (χ4v) is 2.20. The number of carbonyl (C=O) groups excluding carboxylic acids is 1. The summed E-state index contributed by atoms with van der Waals surface area (Å²) in [6.07, 6.45) is 3.05. The van der Waals surface area contributed by atoms with Gasteiger partial charge in [-0.05, 0) is 19.3 Å². The van der Waals surface area contributed by atoms with E-state index in [1.807, 2.05) is 0 Å². The van der Waals surface area contributed by atoms with Crippen molar-refractivity contribution in [1.29, 1.82) is 0 Å². The van der Waals surface area contributed by atoms with Crippen molar-refractivity contribution in [2.45, 2.75) is 19.3 Å². The van der Waals surface area contributed by atoms with Gasteiger partial charge in [0.15, 0.2) is 0 Å². The van der Waals surface area contributed by atoms with Crippen LogP contribution < -0.4 is 38.5 Å². The van der Waals surface area contributed by atoms with E-state index in [1.54, 1.807) is 20.2 Å². The van der Waals surface area contributed by atoms with Gasteiger partial charge in [-0.15, -0.1) is 0 Å². The van der Waals surface area contributed by atoms with E-state index in [9.17, 15) is 4.79 Å². The number of carbonyl (C=O) groups is 1. The average molecular weight is 316 g/mol. The van der Waals surface area contributed by atoms with Crippen LogP contribution >= 0.6 is 0 Å². The summed E-state index contributed by atoms with van der Waals surface area (Å²) >= 11 is 0. The largest absolute Gasteiger partial charge is 1.00 e. The molecule has 5 N–H and O–H groups in total. The highest BCUT2D eigenvalue weighted by molar-refractivity contribution is 5.76. The lowest BCUT2D eigenvalue weighted by molar-refractivity contribution is -0.347. The van der Waals surface area contributed by atoms with Crippen LogP contribution in [0.25, 0.3) is 0 Å². The zero-order chi connectivity index (χ0) is 14.7. The molecule has 0 aromatic carbocycles. The Labute approximate surface area is 130 Å². The number of piperidine rings is 1. The number of hydrogen-bond donors (Lipinski definition) is 2. The van der Waals surface area contributed by atoms with Crippen LogP contribution in [0, 0.1) is 0 Å². The molecule has 1 aliphatic heterocycles. The Morgan fingerprint density at radius 2 is 1.90 bits per heavy atom. The van der Waals surface area contributed by atoms with E-state index in [0.29, 0.717) is 5.69 Å². The summed E-state index contributed by atoms with van der Waals surface area (Å²) < 4.78 is 5.17. The van der Waals surface area contributed by atoms with E-state index in [4.69, 9.17) is 16.2 Å². The standard InChI is InChI=1S/C13H21N5O2.ClH/c1-17(2)13(19)20-11-9(14)8-10(16-12(11)15)18-6-4-3-5-7-18;/h8H,3-7H2,1-2H3,(H4,14,15,16);1H. The Morgan fingerprint density at radius 1 is 1.29 bits per heavy atom. The molecule has 0 spiro atoms. The molecule has 0 aliphatic carbocycles. The molecule has 1 fully saturated rings. The third-order valence-corrected chi connectivity index (χ3v) is 3.31. The van der Waals surface area contributed by atoms with Crippen molar-refractivity contribution in [3.8, 4) is 5.75 Å². The Hall–Kier alpha value is -1.89. The summed E-state index contributed by atoms with van der Waals surface area (Å²) in [7, 11) is 3.20. The molecular weight excluding hydrogens is 294 g/mol. The first kappa shape index (κ1) is 17.2. The Morgan fingerprint density at radius 3 is 2.43 bits per heavy atom. The van der Waals surface area contributed by atoms with Gasteiger partial charge in [-0.2, -0.15) is 0 Å². The lowest BCUT2D eigenvalue weighted by atomic mass is 10.1. The third-order valence-electron chi connectivity index (χ3n) is 3.31. The molecule has 2 rings (SSSR count). The molecule has 1 aliphatic rings. The van der Waals surface area contributed by atoms with Crippen LogP contribution in [0.2, 0.25) is 0 Å². The molecular formula is C13H22ClN5O2. The monoisotopic (exact) mass is 315 g/mol. The molecule has 1 aromatic heterocycles. The second-order valence-corrected chi connectivity index (χ2v) is 5.16. The lowest BCUT2D eigenvalue weighted by Crippen LogP contribution is -3.00. The molecule has 1 aromatic rings. The molecule has 2 heterocycles. The normalized spacial score (nSPS) is 14.3. The molecule has 7 nitrogen and oxygen atoms in total. The Balaban J connectivity index is 0.00000220. The van der Waals surface area contributed by atoms with Crippen molar-refractivity contribution in [3.05, 3.63) is 6.07 Å². The molecule has 8 heteroatoms. The maximum atomic E-state index is 11.6. The van der Waals surface area contributed by atoms with Gasteiger partial charge in [0.1, 0.15) is 0 Å². The van der Waals surface area contributed by atoms with Crippen LogP contribution in [-0.2, 0) is 0 Å². The van der Waals surface area contributed by atoms with E-state index < -0.39 is 6.09 Å². The molecule has 0 unspecified atom stereocenters. The minimum atomic E-state index is -0.512. The van der Waals surface area contributed by atoms with Crippen LogP contribution in [0.5, 0.6) is 5.75 Å². The van der Waals surface area contributed by atoms with Gasteiger partial charge in [-0.3, -0.25) is 4.90 Å². The number of amides is 1. The number of aromatic amines is 1. The van der Waals surface area contributed by atoms with Crippen LogP contribution in [0.4, 0.5) is 22.1 Å². The van der Waals surface area contributed by atoms with E-state index in [-0.39, 0.29) is 24.0 Å². The van der Waals surface area contributed by atoms with Crippen molar-refractivity contribution < 1.29 is 26.9 Å². The summed E-state index contributed by atoms with van der Waals surface area (Å²) in [5, 5.41) is 0. The minimum absolute atomic E-state index is 0. The quantitative estimate of drug-likeness (QED) is 0.640.